The first-order valence-corrected chi connectivity index (χ1v) is 17.0. The molecule has 3 saturated heterocycles. The molecule has 4 aromatic rings. The summed E-state index contributed by atoms with van der Waals surface area (Å²) in [6.07, 6.45) is -4.45. The van der Waals surface area contributed by atoms with E-state index in [1.807, 2.05) is 17.9 Å². The molecule has 50 heavy (non-hydrogen) atoms. The van der Waals surface area contributed by atoms with E-state index in [4.69, 9.17) is 10.5 Å². The van der Waals surface area contributed by atoms with E-state index in [2.05, 4.69) is 9.97 Å². The Morgan fingerprint density at radius 2 is 2.00 bits per heavy atom. The van der Waals surface area contributed by atoms with Crippen LogP contribution >= 0.6 is 11.3 Å². The highest BCUT2D eigenvalue weighted by molar-refractivity contribution is 7.23. The van der Waals surface area contributed by atoms with Crippen molar-refractivity contribution in [3.05, 3.63) is 41.0 Å². The van der Waals surface area contributed by atoms with Gasteiger partial charge >= 0.3 is 12.2 Å². The minimum atomic E-state index is -5.12. The zero-order valence-corrected chi connectivity index (χ0v) is 28.2. The van der Waals surface area contributed by atoms with Gasteiger partial charge in [-0.2, -0.15) is 28.4 Å². The number of nitrogen functional groups attached to an aromatic ring is 1. The second-order valence-corrected chi connectivity index (χ2v) is 14.6. The summed E-state index contributed by atoms with van der Waals surface area (Å²) in [7, 11) is 1.61. The largest absolute Gasteiger partial charge is 0.461 e. The normalized spacial score (nSPS) is 23.9. The van der Waals surface area contributed by atoms with E-state index in [-0.39, 0.29) is 81.4 Å². The quantitative estimate of drug-likeness (QED) is 0.225. The van der Waals surface area contributed by atoms with Crippen LogP contribution in [0, 0.1) is 28.9 Å². The Morgan fingerprint density at radius 3 is 2.68 bits per heavy atom. The van der Waals surface area contributed by atoms with Crippen LogP contribution in [0.2, 0.25) is 0 Å². The SMILES string of the molecule is CC(=O)N1CC(C)C(N(C)c2nc(OCC34CCCN3CC(F)C4)nc3c(F)c(-c4ccc(F)c5sc(N)c(C#N)c45)c(C(F)(F)F)cc23)C1. The molecule has 1 amide bonds. The number of anilines is 2. The number of aromatic nitrogens is 2. The summed E-state index contributed by atoms with van der Waals surface area (Å²) in [6, 6.07) is 3.75. The fourth-order valence-corrected chi connectivity index (χ4v) is 8.98. The number of nitrogens with zero attached hydrogens (tertiary/aromatic N) is 6. The summed E-state index contributed by atoms with van der Waals surface area (Å²) in [6.45, 7) is 4.89. The number of halogens is 6. The van der Waals surface area contributed by atoms with Crippen molar-refractivity contribution in [1.29, 1.82) is 5.26 Å². The third-order valence-corrected chi connectivity index (χ3v) is 11.5. The van der Waals surface area contributed by atoms with E-state index >= 15 is 4.39 Å². The number of amides is 1. The number of hydrogen-bond donors (Lipinski definition) is 1. The highest BCUT2D eigenvalue weighted by Crippen LogP contribution is 2.48. The van der Waals surface area contributed by atoms with Gasteiger partial charge in [-0.1, -0.05) is 13.0 Å². The lowest BCUT2D eigenvalue weighted by Gasteiger charge is -2.32. The smallest absolute Gasteiger partial charge is 0.417 e. The molecule has 4 atom stereocenters. The molecule has 0 aliphatic carbocycles. The molecule has 2 aromatic carbocycles. The first-order chi connectivity index (χ1) is 23.6. The second-order valence-electron chi connectivity index (χ2n) is 13.5. The molecular weight excluding hydrogens is 684 g/mol. The number of ether oxygens (including phenoxy) is 1. The maximum atomic E-state index is 17.1. The highest BCUT2D eigenvalue weighted by atomic mass is 32.1. The molecule has 2 N–H and O–H groups in total. The van der Waals surface area contributed by atoms with Gasteiger partial charge in [0.2, 0.25) is 5.91 Å². The lowest BCUT2D eigenvalue weighted by atomic mass is 9.92. The summed E-state index contributed by atoms with van der Waals surface area (Å²) in [5.41, 5.74) is 1.86. The van der Waals surface area contributed by atoms with Crippen molar-refractivity contribution in [2.45, 2.75) is 57.0 Å². The lowest BCUT2D eigenvalue weighted by molar-refractivity contribution is -0.137. The molecule has 0 bridgehead atoms. The average molecular weight is 718 g/mol. The molecule has 7 rings (SSSR count). The molecule has 9 nitrogen and oxygen atoms in total. The van der Waals surface area contributed by atoms with Gasteiger partial charge in [0.25, 0.3) is 0 Å². The molecule has 16 heteroatoms. The Hall–Kier alpha value is -4.36. The van der Waals surface area contributed by atoms with Crippen molar-refractivity contribution in [3.8, 4) is 23.2 Å². The number of fused-ring (bicyclic) bond motifs is 3. The number of thiophene rings is 1. The third-order valence-electron chi connectivity index (χ3n) is 10.5. The van der Waals surface area contributed by atoms with Gasteiger partial charge in [-0.25, -0.2) is 13.2 Å². The van der Waals surface area contributed by atoms with Crippen LogP contribution in [0.3, 0.4) is 0 Å². The van der Waals surface area contributed by atoms with Crippen LogP contribution in [0.4, 0.5) is 37.2 Å². The van der Waals surface area contributed by atoms with E-state index in [0.29, 0.717) is 30.8 Å². The highest BCUT2D eigenvalue weighted by Gasteiger charge is 2.49. The number of benzene rings is 2. The fraction of sp³-hybridized carbons (Fsp3) is 0.471. The molecule has 0 saturated carbocycles. The Labute approximate surface area is 287 Å². The van der Waals surface area contributed by atoms with Crippen molar-refractivity contribution >= 4 is 49.1 Å². The van der Waals surface area contributed by atoms with Gasteiger partial charge in [-0.05, 0) is 43.0 Å². The predicted molar refractivity (Wildman–Crippen MR) is 177 cm³/mol. The van der Waals surface area contributed by atoms with Crippen LogP contribution in [0.5, 0.6) is 6.01 Å². The van der Waals surface area contributed by atoms with E-state index in [9.17, 15) is 32.0 Å². The number of nitriles is 1. The number of likely N-dealkylation sites (tertiary alicyclic amines) is 1. The van der Waals surface area contributed by atoms with Gasteiger partial charge in [-0.15, -0.1) is 11.3 Å². The van der Waals surface area contributed by atoms with Crippen LogP contribution in [0.1, 0.15) is 44.2 Å². The van der Waals surface area contributed by atoms with E-state index < -0.39 is 52.2 Å². The van der Waals surface area contributed by atoms with Gasteiger partial charge < -0.3 is 20.3 Å². The van der Waals surface area contributed by atoms with Crippen LogP contribution in [0.15, 0.2) is 18.2 Å². The van der Waals surface area contributed by atoms with E-state index in [0.717, 1.165) is 24.6 Å². The van der Waals surface area contributed by atoms with Crippen molar-refractivity contribution in [1.82, 2.24) is 19.8 Å². The maximum Gasteiger partial charge on any atom is 0.417 e. The number of nitrogens with two attached hydrogens (primary N) is 1. The Balaban J connectivity index is 1.45. The molecule has 4 unspecified atom stereocenters. The van der Waals surface area contributed by atoms with E-state index in [1.54, 1.807) is 16.8 Å². The molecule has 0 radical (unpaired) electrons. The van der Waals surface area contributed by atoms with Gasteiger partial charge in [0.1, 0.15) is 41.0 Å². The third kappa shape index (κ3) is 5.45. The average Bonchev–Trinajstić information content (AvgIpc) is 3.80. The molecule has 2 aromatic heterocycles. The summed E-state index contributed by atoms with van der Waals surface area (Å²) in [4.78, 5) is 26.3. The van der Waals surface area contributed by atoms with E-state index in [1.165, 1.54) is 6.92 Å². The summed E-state index contributed by atoms with van der Waals surface area (Å²) < 4.78 is 97.4. The summed E-state index contributed by atoms with van der Waals surface area (Å²) in [5, 5.41) is 9.19. The molecule has 3 aliphatic rings. The van der Waals surface area contributed by atoms with Crippen molar-refractivity contribution in [2.75, 3.05) is 50.5 Å². The number of alkyl halides is 4. The fourth-order valence-electron chi connectivity index (χ4n) is 8.04. The first kappa shape index (κ1) is 34.1. The molecule has 0 spiro atoms. The maximum absolute atomic E-state index is 17.1. The lowest BCUT2D eigenvalue weighted by Crippen LogP contribution is -2.43. The molecular formula is C34H33F6N7O2S. The topological polar surface area (TPSA) is 112 Å². The minimum Gasteiger partial charge on any atom is -0.461 e. The standard InChI is InChI=1S/C34H33F6N7O2S/c1-16-12-46(17(2)48)14-24(16)45(3)31-20-9-22(34(38,39)40)26(19-5-6-23(36)29-25(19)21(11-41)30(42)50-29)27(37)28(20)43-32(44-31)49-15-33-7-4-8-47(33)13-18(35)10-33/h5-6,9,16,18,24H,4,7-8,10,12-15,42H2,1-3H3. The summed E-state index contributed by atoms with van der Waals surface area (Å²) in [5.74, 6) is -2.56. The number of carbonyl (C=O) groups excluding carboxylic acids is 1. The number of hydrogen-bond acceptors (Lipinski definition) is 9. The van der Waals surface area contributed by atoms with Gasteiger partial charge in [0.15, 0.2) is 5.82 Å². The molecule has 3 fully saturated rings. The van der Waals surface area contributed by atoms with Crippen LogP contribution in [-0.2, 0) is 11.0 Å². The van der Waals surface area contributed by atoms with Crippen LogP contribution in [0.25, 0.3) is 32.1 Å². The molecule has 5 heterocycles. The van der Waals surface area contributed by atoms with Crippen molar-refractivity contribution in [2.24, 2.45) is 5.92 Å². The van der Waals surface area contributed by atoms with Crippen LogP contribution < -0.4 is 15.4 Å². The predicted octanol–water partition coefficient (Wildman–Crippen LogP) is 6.52. The number of rotatable bonds is 6. The Morgan fingerprint density at radius 1 is 1.24 bits per heavy atom. The van der Waals surface area contributed by atoms with Crippen molar-refractivity contribution < 1.29 is 35.9 Å². The Bertz CT molecular complexity index is 2080. The van der Waals surface area contributed by atoms with Gasteiger partial charge in [0.05, 0.1) is 27.4 Å². The summed E-state index contributed by atoms with van der Waals surface area (Å²) >= 11 is 0.678. The van der Waals surface area contributed by atoms with Gasteiger partial charge in [-0.3, -0.25) is 9.69 Å². The number of carbonyl (C=O) groups is 1. The number of likely N-dealkylation sites (N-methyl/N-ethyl adjacent to an activating group) is 1. The Kier molecular flexibility index (Phi) is 8.29. The van der Waals surface area contributed by atoms with Crippen molar-refractivity contribution in [3.63, 3.8) is 0 Å². The zero-order valence-electron chi connectivity index (χ0n) is 27.4. The monoisotopic (exact) mass is 717 g/mol. The molecule has 264 valence electrons. The minimum absolute atomic E-state index is 0.0204. The second kappa shape index (κ2) is 12.2. The zero-order chi connectivity index (χ0) is 35.9. The molecule has 3 aliphatic heterocycles. The van der Waals surface area contributed by atoms with Crippen LogP contribution in [-0.4, -0.2) is 83.3 Å². The van der Waals surface area contributed by atoms with Gasteiger partial charge in [0, 0.05) is 56.4 Å². The first-order valence-electron chi connectivity index (χ1n) is 16.2.